The number of nitrogens with zero attached hydrogens (tertiary/aromatic N) is 1. The highest BCUT2D eigenvalue weighted by Gasteiger charge is 2.35. The fourth-order valence-corrected chi connectivity index (χ4v) is 4.09. The van der Waals surface area contributed by atoms with Crippen LogP contribution in [-0.2, 0) is 19.6 Å². The maximum absolute atomic E-state index is 12.5. The van der Waals surface area contributed by atoms with E-state index >= 15 is 0 Å². The van der Waals surface area contributed by atoms with Gasteiger partial charge >= 0.3 is 0 Å². The van der Waals surface area contributed by atoms with Gasteiger partial charge in [0.2, 0.25) is 15.9 Å². The fraction of sp³-hybridized carbons (Fsp3) is 0.150. The summed E-state index contributed by atoms with van der Waals surface area (Å²) >= 11 is 0.813. The summed E-state index contributed by atoms with van der Waals surface area (Å²) in [5, 5.41) is 7.16. The van der Waals surface area contributed by atoms with Crippen LogP contribution in [0.5, 0.6) is 5.75 Å². The zero-order valence-corrected chi connectivity index (χ0v) is 18.0. The number of benzene rings is 2. The Morgan fingerprint density at radius 2 is 1.77 bits per heavy atom. The number of nitrogens with one attached hydrogen (secondary N) is 1. The Labute approximate surface area is 183 Å². The van der Waals surface area contributed by atoms with Gasteiger partial charge in [-0.1, -0.05) is 12.1 Å². The molecule has 3 rings (SSSR count). The fourth-order valence-electron chi connectivity index (χ4n) is 2.71. The Kier molecular flexibility index (Phi) is 6.78. The molecule has 0 saturated carbocycles. The Bertz CT molecular complexity index is 1140. The predicted octanol–water partition coefficient (Wildman–Crippen LogP) is 2.41. The summed E-state index contributed by atoms with van der Waals surface area (Å²) in [4.78, 5) is 38.1. The van der Waals surface area contributed by atoms with Gasteiger partial charge in [-0.15, -0.1) is 0 Å². The number of nitrogens with two attached hydrogens (primary N) is 1. The number of hydrogen-bond acceptors (Lipinski definition) is 7. The maximum Gasteiger partial charge on any atom is 0.293 e. The third-order valence-electron chi connectivity index (χ3n) is 4.32. The molecule has 162 valence electrons. The molecular formula is C20H19N3O6S2. The van der Waals surface area contributed by atoms with Crippen molar-refractivity contribution in [1.29, 1.82) is 0 Å². The van der Waals surface area contributed by atoms with Gasteiger partial charge in [-0.3, -0.25) is 19.3 Å². The first-order valence-electron chi connectivity index (χ1n) is 8.99. The predicted molar refractivity (Wildman–Crippen MR) is 117 cm³/mol. The van der Waals surface area contributed by atoms with E-state index in [0.29, 0.717) is 11.4 Å². The van der Waals surface area contributed by atoms with Crippen molar-refractivity contribution in [3.63, 3.8) is 0 Å². The van der Waals surface area contributed by atoms with Crippen LogP contribution in [0.2, 0.25) is 0 Å². The van der Waals surface area contributed by atoms with E-state index in [4.69, 9.17) is 9.88 Å². The molecule has 0 spiro atoms. The standard InChI is InChI=1S/C20H19N3O6S2/c1-29-15-6-2-13(3-7-15)12-17-19(25)23(20(26)30-17)11-10-18(24)22-14-4-8-16(9-5-14)31(21,27)28/h2-9,12H,10-11H2,1H3,(H,22,24)(H2,21,27,28). The number of anilines is 1. The molecule has 3 amide bonds. The van der Waals surface area contributed by atoms with Gasteiger partial charge in [-0.2, -0.15) is 0 Å². The minimum absolute atomic E-state index is 0.0769. The molecule has 3 N–H and O–H groups in total. The van der Waals surface area contributed by atoms with E-state index in [2.05, 4.69) is 5.32 Å². The summed E-state index contributed by atoms with van der Waals surface area (Å²) in [7, 11) is -2.27. The number of carbonyl (C=O) groups excluding carboxylic acids is 3. The zero-order chi connectivity index (χ0) is 22.6. The molecule has 1 aliphatic heterocycles. The number of primary sulfonamides is 1. The van der Waals surface area contributed by atoms with Crippen LogP contribution in [0.25, 0.3) is 6.08 Å². The van der Waals surface area contributed by atoms with E-state index in [-0.39, 0.29) is 22.8 Å². The van der Waals surface area contributed by atoms with Gasteiger partial charge in [0.25, 0.3) is 11.1 Å². The molecule has 0 aromatic heterocycles. The summed E-state index contributed by atoms with van der Waals surface area (Å²) in [5.74, 6) is -0.215. The van der Waals surface area contributed by atoms with Gasteiger partial charge < -0.3 is 10.1 Å². The number of carbonyl (C=O) groups is 3. The third kappa shape index (κ3) is 5.72. The highest BCUT2D eigenvalue weighted by Crippen LogP contribution is 2.32. The molecule has 0 radical (unpaired) electrons. The maximum atomic E-state index is 12.5. The van der Waals surface area contributed by atoms with E-state index in [0.717, 1.165) is 22.2 Å². The summed E-state index contributed by atoms with van der Waals surface area (Å²) in [6.07, 6.45) is 1.50. The lowest BCUT2D eigenvalue weighted by molar-refractivity contribution is -0.123. The number of thioether (sulfide) groups is 1. The number of hydrogen-bond donors (Lipinski definition) is 2. The molecule has 9 nitrogen and oxygen atoms in total. The molecular weight excluding hydrogens is 442 g/mol. The molecule has 2 aromatic carbocycles. The van der Waals surface area contributed by atoms with Crippen LogP contribution >= 0.6 is 11.8 Å². The third-order valence-corrected chi connectivity index (χ3v) is 6.15. The van der Waals surface area contributed by atoms with Gasteiger partial charge in [-0.25, -0.2) is 13.6 Å². The Hall–Kier alpha value is -3.15. The average molecular weight is 462 g/mol. The second kappa shape index (κ2) is 9.33. The van der Waals surface area contributed by atoms with Crippen LogP contribution in [0.3, 0.4) is 0 Å². The van der Waals surface area contributed by atoms with Gasteiger partial charge in [-0.05, 0) is 59.8 Å². The first-order valence-corrected chi connectivity index (χ1v) is 11.4. The van der Waals surface area contributed by atoms with Crippen molar-refractivity contribution in [2.24, 2.45) is 5.14 Å². The number of sulfonamides is 1. The van der Waals surface area contributed by atoms with Crippen LogP contribution < -0.4 is 15.2 Å². The monoisotopic (exact) mass is 461 g/mol. The minimum atomic E-state index is -3.82. The molecule has 0 unspecified atom stereocenters. The molecule has 1 heterocycles. The summed E-state index contributed by atoms with van der Waals surface area (Å²) in [6.45, 7) is -0.0777. The summed E-state index contributed by atoms with van der Waals surface area (Å²) < 4.78 is 27.6. The second-order valence-corrected chi connectivity index (χ2v) is 9.03. The molecule has 0 atom stereocenters. The summed E-state index contributed by atoms with van der Waals surface area (Å²) in [6, 6.07) is 12.4. The van der Waals surface area contributed by atoms with E-state index < -0.39 is 27.1 Å². The number of ether oxygens (including phenoxy) is 1. The number of methoxy groups -OCH3 is 1. The van der Waals surface area contributed by atoms with E-state index in [1.54, 1.807) is 37.5 Å². The van der Waals surface area contributed by atoms with E-state index in [1.165, 1.54) is 24.3 Å². The largest absolute Gasteiger partial charge is 0.497 e. The highest BCUT2D eigenvalue weighted by molar-refractivity contribution is 8.18. The lowest BCUT2D eigenvalue weighted by atomic mass is 10.2. The smallest absolute Gasteiger partial charge is 0.293 e. The minimum Gasteiger partial charge on any atom is -0.497 e. The van der Waals surface area contributed by atoms with Crippen molar-refractivity contribution in [3.05, 3.63) is 59.0 Å². The lowest BCUT2D eigenvalue weighted by Gasteiger charge is -2.12. The van der Waals surface area contributed by atoms with Crippen molar-refractivity contribution < 1.29 is 27.5 Å². The number of rotatable bonds is 7. The second-order valence-electron chi connectivity index (χ2n) is 6.47. The van der Waals surface area contributed by atoms with Crippen LogP contribution in [0, 0.1) is 0 Å². The molecule has 1 aliphatic rings. The van der Waals surface area contributed by atoms with Crippen LogP contribution in [-0.4, -0.2) is 44.0 Å². The molecule has 0 aliphatic carbocycles. The van der Waals surface area contributed by atoms with Crippen molar-refractivity contribution in [2.75, 3.05) is 19.0 Å². The van der Waals surface area contributed by atoms with Crippen molar-refractivity contribution in [3.8, 4) is 5.75 Å². The van der Waals surface area contributed by atoms with E-state index in [1.807, 2.05) is 0 Å². The zero-order valence-electron chi connectivity index (χ0n) is 16.4. The van der Waals surface area contributed by atoms with E-state index in [9.17, 15) is 22.8 Å². The van der Waals surface area contributed by atoms with Crippen LogP contribution in [0.15, 0.2) is 58.3 Å². The number of imide groups is 1. The highest BCUT2D eigenvalue weighted by atomic mass is 32.2. The van der Waals surface area contributed by atoms with Gasteiger partial charge in [0, 0.05) is 18.7 Å². The van der Waals surface area contributed by atoms with Crippen LogP contribution in [0.4, 0.5) is 10.5 Å². The first-order chi connectivity index (χ1) is 14.7. The molecule has 1 saturated heterocycles. The quantitative estimate of drug-likeness (QED) is 0.604. The van der Waals surface area contributed by atoms with Gasteiger partial charge in [0.1, 0.15) is 5.75 Å². The van der Waals surface area contributed by atoms with Gasteiger partial charge in [0.05, 0.1) is 16.9 Å². The lowest BCUT2D eigenvalue weighted by Crippen LogP contribution is -2.31. The normalized spacial score (nSPS) is 15.4. The Balaban J connectivity index is 1.58. The molecule has 0 bridgehead atoms. The van der Waals surface area contributed by atoms with Crippen molar-refractivity contribution in [1.82, 2.24) is 4.90 Å². The van der Waals surface area contributed by atoms with Gasteiger partial charge in [0.15, 0.2) is 0 Å². The molecule has 31 heavy (non-hydrogen) atoms. The number of amides is 3. The average Bonchev–Trinajstić information content (AvgIpc) is 2.99. The molecule has 1 fully saturated rings. The molecule has 11 heteroatoms. The Morgan fingerprint density at radius 3 is 2.35 bits per heavy atom. The Morgan fingerprint density at radius 1 is 1.13 bits per heavy atom. The van der Waals surface area contributed by atoms with Crippen molar-refractivity contribution >= 4 is 50.6 Å². The SMILES string of the molecule is COc1ccc(C=C2SC(=O)N(CCC(=O)Nc3ccc(S(N)(=O)=O)cc3)C2=O)cc1. The summed E-state index contributed by atoms with van der Waals surface area (Å²) in [5.41, 5.74) is 1.11. The topological polar surface area (TPSA) is 136 Å². The molecule has 2 aromatic rings. The van der Waals surface area contributed by atoms with Crippen LogP contribution in [0.1, 0.15) is 12.0 Å². The van der Waals surface area contributed by atoms with Crippen molar-refractivity contribution in [2.45, 2.75) is 11.3 Å². The first kappa shape index (κ1) is 22.5.